The molecule has 0 fully saturated rings. The summed E-state index contributed by atoms with van der Waals surface area (Å²) >= 11 is 1.66. The van der Waals surface area contributed by atoms with E-state index in [0.717, 1.165) is 5.75 Å². The summed E-state index contributed by atoms with van der Waals surface area (Å²) in [5.74, 6) is 0.594. The molecular formula is C13H16N2O2S. The molecule has 1 unspecified atom stereocenters. The highest BCUT2D eigenvalue weighted by molar-refractivity contribution is 7.98. The maximum Gasteiger partial charge on any atom is 0.251 e. The summed E-state index contributed by atoms with van der Waals surface area (Å²) < 4.78 is 0. The molecule has 0 radical (unpaired) electrons. The van der Waals surface area contributed by atoms with E-state index in [-0.39, 0.29) is 12.5 Å². The quantitative estimate of drug-likeness (QED) is 0.814. The molecule has 1 atom stereocenters. The van der Waals surface area contributed by atoms with Gasteiger partial charge in [0, 0.05) is 12.1 Å². The molecule has 1 aromatic rings. The Kier molecular flexibility index (Phi) is 6.26. The lowest BCUT2D eigenvalue weighted by molar-refractivity contribution is 0.0914. The zero-order chi connectivity index (χ0) is 13.4. The van der Waals surface area contributed by atoms with Gasteiger partial charge in [0.1, 0.15) is 0 Å². The van der Waals surface area contributed by atoms with Crippen molar-refractivity contribution in [2.24, 2.45) is 0 Å². The van der Waals surface area contributed by atoms with Crippen LogP contribution < -0.4 is 5.32 Å². The van der Waals surface area contributed by atoms with Crippen molar-refractivity contribution in [2.75, 3.05) is 18.6 Å². The van der Waals surface area contributed by atoms with E-state index in [1.807, 2.05) is 12.3 Å². The lowest BCUT2D eigenvalue weighted by Crippen LogP contribution is -2.32. The molecule has 1 aromatic carbocycles. The number of nitrogens with zero attached hydrogens (tertiary/aromatic N) is 1. The van der Waals surface area contributed by atoms with Crippen LogP contribution in [0.25, 0.3) is 0 Å². The van der Waals surface area contributed by atoms with Crippen molar-refractivity contribution in [3.8, 4) is 6.07 Å². The van der Waals surface area contributed by atoms with Crippen LogP contribution in [0.15, 0.2) is 24.3 Å². The molecule has 2 N–H and O–H groups in total. The normalized spacial score (nSPS) is 11.6. The Labute approximate surface area is 111 Å². The van der Waals surface area contributed by atoms with Gasteiger partial charge in [-0.2, -0.15) is 17.0 Å². The van der Waals surface area contributed by atoms with Crippen LogP contribution in [0, 0.1) is 11.3 Å². The number of hydrogen-bond acceptors (Lipinski definition) is 4. The van der Waals surface area contributed by atoms with Gasteiger partial charge in [0.2, 0.25) is 0 Å². The number of aliphatic hydroxyl groups is 1. The van der Waals surface area contributed by atoms with Crippen molar-refractivity contribution in [1.29, 1.82) is 5.26 Å². The van der Waals surface area contributed by atoms with Gasteiger partial charge in [0.05, 0.1) is 17.7 Å². The predicted molar refractivity (Wildman–Crippen MR) is 72.5 cm³/mol. The van der Waals surface area contributed by atoms with Gasteiger partial charge >= 0.3 is 0 Å². The van der Waals surface area contributed by atoms with E-state index >= 15 is 0 Å². The Balaban J connectivity index is 2.47. The zero-order valence-corrected chi connectivity index (χ0v) is 11.0. The molecule has 0 aromatic heterocycles. The molecule has 96 valence electrons. The molecule has 0 aliphatic rings. The first-order valence-electron chi connectivity index (χ1n) is 5.62. The van der Waals surface area contributed by atoms with Gasteiger partial charge in [0.25, 0.3) is 5.91 Å². The minimum Gasteiger partial charge on any atom is -0.391 e. The van der Waals surface area contributed by atoms with Crippen LogP contribution in [0.2, 0.25) is 0 Å². The van der Waals surface area contributed by atoms with Crippen LogP contribution >= 0.6 is 11.8 Å². The van der Waals surface area contributed by atoms with Crippen LogP contribution in [0.3, 0.4) is 0 Å². The summed E-state index contributed by atoms with van der Waals surface area (Å²) in [6.07, 6.45) is 2.10. The second-order valence-corrected chi connectivity index (χ2v) is 4.82. The lowest BCUT2D eigenvalue weighted by Gasteiger charge is -2.11. The van der Waals surface area contributed by atoms with Gasteiger partial charge < -0.3 is 10.4 Å². The van der Waals surface area contributed by atoms with Crippen LogP contribution in [0.1, 0.15) is 22.3 Å². The average Bonchev–Trinajstić information content (AvgIpc) is 2.42. The number of rotatable bonds is 6. The van der Waals surface area contributed by atoms with E-state index in [9.17, 15) is 9.90 Å². The Hall–Kier alpha value is -1.51. The topological polar surface area (TPSA) is 73.1 Å². The van der Waals surface area contributed by atoms with E-state index in [1.54, 1.807) is 30.0 Å². The number of nitrogens with one attached hydrogen (secondary N) is 1. The number of amides is 1. The average molecular weight is 264 g/mol. The second kappa shape index (κ2) is 7.75. The predicted octanol–water partition coefficient (Wildman–Crippen LogP) is 1.40. The maximum atomic E-state index is 11.8. The highest BCUT2D eigenvalue weighted by Crippen LogP contribution is 2.04. The fraction of sp³-hybridized carbons (Fsp3) is 0.385. The molecular weight excluding hydrogens is 248 g/mol. The van der Waals surface area contributed by atoms with Crippen molar-refractivity contribution in [3.63, 3.8) is 0 Å². The van der Waals surface area contributed by atoms with Crippen LogP contribution in [-0.2, 0) is 0 Å². The van der Waals surface area contributed by atoms with Gasteiger partial charge in [-0.05, 0) is 36.6 Å². The van der Waals surface area contributed by atoms with Crippen LogP contribution in [0.4, 0.5) is 0 Å². The molecule has 0 bridgehead atoms. The largest absolute Gasteiger partial charge is 0.391 e. The molecule has 18 heavy (non-hydrogen) atoms. The Morgan fingerprint density at radius 3 is 3.06 bits per heavy atom. The van der Waals surface area contributed by atoms with Crippen LogP contribution in [0.5, 0.6) is 0 Å². The fourth-order valence-electron chi connectivity index (χ4n) is 1.40. The molecule has 0 saturated carbocycles. The van der Waals surface area contributed by atoms with Gasteiger partial charge in [-0.25, -0.2) is 0 Å². The van der Waals surface area contributed by atoms with E-state index in [4.69, 9.17) is 5.26 Å². The summed E-state index contributed by atoms with van der Waals surface area (Å²) in [4.78, 5) is 11.8. The molecule has 5 heteroatoms. The second-order valence-electron chi connectivity index (χ2n) is 3.84. The van der Waals surface area contributed by atoms with Crippen molar-refractivity contribution in [3.05, 3.63) is 35.4 Å². The minimum absolute atomic E-state index is 0.232. The lowest BCUT2D eigenvalue weighted by atomic mass is 10.1. The van der Waals surface area contributed by atoms with Crippen LogP contribution in [-0.4, -0.2) is 35.7 Å². The van der Waals surface area contributed by atoms with E-state index in [0.29, 0.717) is 17.5 Å². The summed E-state index contributed by atoms with van der Waals surface area (Å²) in [5.41, 5.74) is 0.886. The third kappa shape index (κ3) is 4.78. The SMILES string of the molecule is CSCCC(O)CNC(=O)c1cccc(C#N)c1. The van der Waals surface area contributed by atoms with Crippen molar-refractivity contribution < 1.29 is 9.90 Å². The molecule has 4 nitrogen and oxygen atoms in total. The summed E-state index contributed by atoms with van der Waals surface area (Å²) in [6, 6.07) is 8.46. The third-order valence-electron chi connectivity index (χ3n) is 2.41. The first kappa shape index (κ1) is 14.6. The number of aliphatic hydroxyl groups excluding tert-OH is 1. The summed E-state index contributed by atoms with van der Waals surface area (Å²) in [5, 5.41) is 21.0. The van der Waals surface area contributed by atoms with Gasteiger partial charge in [-0.1, -0.05) is 6.07 Å². The smallest absolute Gasteiger partial charge is 0.251 e. The first-order valence-corrected chi connectivity index (χ1v) is 7.02. The van der Waals surface area contributed by atoms with Gasteiger partial charge in [-0.15, -0.1) is 0 Å². The van der Waals surface area contributed by atoms with E-state index < -0.39 is 6.10 Å². The molecule has 0 aliphatic heterocycles. The fourth-order valence-corrected chi connectivity index (χ4v) is 1.91. The summed E-state index contributed by atoms with van der Waals surface area (Å²) in [7, 11) is 0. The highest BCUT2D eigenvalue weighted by Gasteiger charge is 2.09. The Bertz CT molecular complexity index is 443. The number of carbonyl (C=O) groups is 1. The van der Waals surface area contributed by atoms with Crippen molar-refractivity contribution in [2.45, 2.75) is 12.5 Å². The molecule has 0 saturated heterocycles. The number of benzene rings is 1. The molecule has 0 aliphatic carbocycles. The van der Waals surface area contributed by atoms with Gasteiger partial charge in [-0.3, -0.25) is 4.79 Å². The van der Waals surface area contributed by atoms with Gasteiger partial charge in [0.15, 0.2) is 0 Å². The molecule has 1 rings (SSSR count). The molecule has 0 heterocycles. The van der Waals surface area contributed by atoms with Crippen molar-refractivity contribution in [1.82, 2.24) is 5.32 Å². The van der Waals surface area contributed by atoms with E-state index in [1.165, 1.54) is 6.07 Å². The number of hydrogen-bond donors (Lipinski definition) is 2. The Morgan fingerprint density at radius 1 is 1.61 bits per heavy atom. The number of nitriles is 1. The summed E-state index contributed by atoms with van der Waals surface area (Å²) in [6.45, 7) is 0.232. The van der Waals surface area contributed by atoms with E-state index in [2.05, 4.69) is 5.32 Å². The highest BCUT2D eigenvalue weighted by atomic mass is 32.2. The zero-order valence-electron chi connectivity index (χ0n) is 10.2. The maximum absolute atomic E-state index is 11.8. The van der Waals surface area contributed by atoms with Crippen molar-refractivity contribution >= 4 is 17.7 Å². The monoisotopic (exact) mass is 264 g/mol. The molecule has 1 amide bonds. The first-order chi connectivity index (χ1) is 8.67. The number of thioether (sulfide) groups is 1. The minimum atomic E-state index is -0.527. The standard InChI is InChI=1S/C13H16N2O2S/c1-18-6-5-12(16)9-15-13(17)11-4-2-3-10(7-11)8-14/h2-4,7,12,16H,5-6,9H2,1H3,(H,15,17). The Morgan fingerprint density at radius 2 is 2.39 bits per heavy atom. The number of carbonyl (C=O) groups excluding carboxylic acids is 1. The third-order valence-corrected chi connectivity index (χ3v) is 3.05. The molecule has 0 spiro atoms.